The maximum Gasteiger partial charge on any atom is 0.317 e. The van der Waals surface area contributed by atoms with Crippen molar-refractivity contribution in [2.75, 3.05) is 18.6 Å². The van der Waals surface area contributed by atoms with Crippen LogP contribution in [0.5, 0.6) is 5.75 Å². The Bertz CT molecular complexity index is 1430. The maximum atomic E-state index is 15.0. The van der Waals surface area contributed by atoms with Gasteiger partial charge in [0.15, 0.2) is 5.78 Å². The number of nitrogens with zero attached hydrogens (tertiary/aromatic N) is 1. The number of anilines is 1. The van der Waals surface area contributed by atoms with Crippen LogP contribution < -0.4 is 9.64 Å². The fourth-order valence-corrected chi connectivity index (χ4v) is 6.25. The van der Waals surface area contributed by atoms with E-state index in [9.17, 15) is 18.8 Å². The summed E-state index contributed by atoms with van der Waals surface area (Å²) in [5, 5.41) is 1.84. The monoisotopic (exact) mass is 537 g/mol. The van der Waals surface area contributed by atoms with Gasteiger partial charge in [-0.2, -0.15) is 0 Å². The number of carbonyl (C=O) groups excluding carboxylic acids is 3. The molecule has 196 valence electrons. The molecule has 2 aromatic carbocycles. The van der Waals surface area contributed by atoms with Crippen molar-refractivity contribution >= 4 is 34.7 Å². The molecule has 0 spiro atoms. The summed E-state index contributed by atoms with van der Waals surface area (Å²) in [4.78, 5) is 43.0. The zero-order valence-corrected chi connectivity index (χ0v) is 21.6. The van der Waals surface area contributed by atoms with E-state index in [2.05, 4.69) is 0 Å². The molecule has 1 aliphatic carbocycles. The number of Topliss-reactive ketones (excluding diaryl/α,β-unsaturated/α-hetero) is 1. The summed E-state index contributed by atoms with van der Waals surface area (Å²) < 4.78 is 39.5. The molecule has 3 atom stereocenters. The molecule has 0 bridgehead atoms. The largest absolute Gasteiger partial charge is 0.497 e. The van der Waals surface area contributed by atoms with Gasteiger partial charge in [0, 0.05) is 40.5 Å². The van der Waals surface area contributed by atoms with Gasteiger partial charge < -0.3 is 9.47 Å². The lowest BCUT2D eigenvalue weighted by atomic mass is 9.69. The number of hydrogen-bond donors (Lipinski definition) is 0. The van der Waals surface area contributed by atoms with Gasteiger partial charge in [-0.05, 0) is 54.6 Å². The number of thiophene rings is 1. The molecule has 38 heavy (non-hydrogen) atoms. The van der Waals surface area contributed by atoms with Crippen molar-refractivity contribution in [2.24, 2.45) is 5.92 Å². The van der Waals surface area contributed by atoms with Crippen molar-refractivity contribution in [3.63, 3.8) is 0 Å². The highest BCUT2D eigenvalue weighted by Crippen LogP contribution is 2.50. The summed E-state index contributed by atoms with van der Waals surface area (Å²) in [5.74, 6) is -5.09. The SMILES string of the molecule is CCOC(=O)[C@@H]1C(=O)C2=C(C[C@H]1c1cccs1)N(c1ccc(F)cc1F)C(=O)C[C@H]2c1cccc(OC)c1. The number of carbonyl (C=O) groups is 3. The van der Waals surface area contributed by atoms with E-state index in [-0.39, 0.29) is 30.7 Å². The standard InChI is InChI=1S/C29H25F2NO5S/c1-3-37-29(35)27-20(24-8-5-11-38-24)14-23-26(28(27)34)19(16-6-4-7-18(12-16)36-2)15-25(33)32(23)22-10-9-17(30)13-21(22)31/h4-13,19-20,27H,3,14-15H2,1-2H3/t19-,20-,27-/m0/s1. The number of rotatable bonds is 6. The molecule has 1 aromatic heterocycles. The summed E-state index contributed by atoms with van der Waals surface area (Å²) in [6, 6.07) is 13.7. The first-order chi connectivity index (χ1) is 18.3. The first-order valence-electron chi connectivity index (χ1n) is 12.2. The van der Waals surface area contributed by atoms with Crippen LogP contribution in [-0.2, 0) is 19.1 Å². The zero-order valence-electron chi connectivity index (χ0n) is 20.8. The van der Waals surface area contributed by atoms with Crippen LogP contribution in [0.4, 0.5) is 14.5 Å². The van der Waals surface area contributed by atoms with Gasteiger partial charge in [0.25, 0.3) is 0 Å². The summed E-state index contributed by atoms with van der Waals surface area (Å²) in [5.41, 5.74) is 1.09. The second-order valence-electron chi connectivity index (χ2n) is 9.14. The smallest absolute Gasteiger partial charge is 0.317 e. The summed E-state index contributed by atoms with van der Waals surface area (Å²) in [6.07, 6.45) is -0.0259. The molecule has 0 saturated carbocycles. The van der Waals surface area contributed by atoms with Gasteiger partial charge in [-0.25, -0.2) is 8.78 Å². The number of benzene rings is 2. The first kappa shape index (κ1) is 25.8. The van der Waals surface area contributed by atoms with Crippen molar-refractivity contribution in [1.82, 2.24) is 0 Å². The fraction of sp³-hybridized carbons (Fsp3) is 0.276. The number of ketones is 1. The van der Waals surface area contributed by atoms with Gasteiger partial charge in [-0.3, -0.25) is 19.3 Å². The highest BCUT2D eigenvalue weighted by Gasteiger charge is 2.50. The van der Waals surface area contributed by atoms with Crippen LogP contribution in [0.15, 0.2) is 71.2 Å². The third kappa shape index (κ3) is 4.51. The van der Waals surface area contributed by atoms with Crippen molar-refractivity contribution in [2.45, 2.75) is 31.6 Å². The average molecular weight is 538 g/mol. The summed E-state index contributed by atoms with van der Waals surface area (Å²) in [6.45, 7) is 1.78. The van der Waals surface area contributed by atoms with Gasteiger partial charge in [0.2, 0.25) is 5.91 Å². The Morgan fingerprint density at radius 3 is 2.58 bits per heavy atom. The molecular weight excluding hydrogens is 512 g/mol. The van der Waals surface area contributed by atoms with Crippen molar-refractivity contribution in [3.8, 4) is 5.75 Å². The number of amides is 1. The molecule has 6 nitrogen and oxygen atoms in total. The van der Waals surface area contributed by atoms with Gasteiger partial charge in [-0.1, -0.05) is 18.2 Å². The Kier molecular flexibility index (Phi) is 7.12. The number of halogens is 2. The van der Waals surface area contributed by atoms with Crippen LogP contribution in [0, 0.1) is 17.6 Å². The van der Waals surface area contributed by atoms with Crippen LogP contribution in [-0.4, -0.2) is 31.4 Å². The van der Waals surface area contributed by atoms with Gasteiger partial charge in [-0.15, -0.1) is 11.3 Å². The normalized spacial score (nSPS) is 21.4. The Hall–Kier alpha value is -3.85. The topological polar surface area (TPSA) is 72.9 Å². The van der Waals surface area contributed by atoms with Crippen LogP contribution in [0.3, 0.4) is 0 Å². The lowest BCUT2D eigenvalue weighted by Crippen LogP contribution is -2.46. The molecule has 0 unspecified atom stereocenters. The molecule has 0 N–H and O–H groups in total. The Balaban J connectivity index is 1.74. The molecule has 5 rings (SSSR count). The molecular formula is C29H25F2NO5S. The fourth-order valence-electron chi connectivity index (χ4n) is 5.39. The van der Waals surface area contributed by atoms with Crippen LogP contribution in [0.25, 0.3) is 0 Å². The van der Waals surface area contributed by atoms with E-state index in [1.807, 2.05) is 17.5 Å². The number of hydrogen-bond acceptors (Lipinski definition) is 6. The first-order valence-corrected chi connectivity index (χ1v) is 13.1. The molecule has 1 amide bonds. The minimum Gasteiger partial charge on any atom is -0.497 e. The second kappa shape index (κ2) is 10.5. The third-order valence-electron chi connectivity index (χ3n) is 7.02. The number of ether oxygens (including phenoxy) is 2. The summed E-state index contributed by atoms with van der Waals surface area (Å²) in [7, 11) is 1.52. The number of methoxy groups -OCH3 is 1. The van der Waals surface area contributed by atoms with Crippen molar-refractivity contribution in [1.29, 1.82) is 0 Å². The molecule has 0 radical (unpaired) electrons. The van der Waals surface area contributed by atoms with E-state index in [1.165, 1.54) is 29.4 Å². The van der Waals surface area contributed by atoms with E-state index >= 15 is 4.39 Å². The van der Waals surface area contributed by atoms with Crippen LogP contribution in [0.1, 0.15) is 42.0 Å². The Morgan fingerprint density at radius 1 is 1.08 bits per heavy atom. The second-order valence-corrected chi connectivity index (χ2v) is 10.1. The van der Waals surface area contributed by atoms with E-state index in [0.717, 1.165) is 10.9 Å². The molecule has 9 heteroatoms. The molecule has 3 aromatic rings. The van der Waals surface area contributed by atoms with Gasteiger partial charge in [0.1, 0.15) is 23.3 Å². The minimum absolute atomic E-state index is 0.108. The zero-order chi connectivity index (χ0) is 27.0. The number of esters is 1. The molecule has 0 saturated heterocycles. The minimum atomic E-state index is -1.12. The predicted molar refractivity (Wildman–Crippen MR) is 138 cm³/mol. The summed E-state index contributed by atoms with van der Waals surface area (Å²) >= 11 is 1.39. The van der Waals surface area contributed by atoms with Crippen LogP contribution >= 0.6 is 11.3 Å². The van der Waals surface area contributed by atoms with E-state index in [1.54, 1.807) is 31.2 Å². The van der Waals surface area contributed by atoms with Crippen molar-refractivity contribution in [3.05, 3.63) is 93.3 Å². The lowest BCUT2D eigenvalue weighted by molar-refractivity contribution is -0.152. The Morgan fingerprint density at radius 2 is 1.89 bits per heavy atom. The number of allylic oxidation sites excluding steroid dienone is 2. The van der Waals surface area contributed by atoms with Crippen LogP contribution in [0.2, 0.25) is 0 Å². The highest BCUT2D eigenvalue weighted by atomic mass is 32.1. The molecule has 2 heterocycles. The third-order valence-corrected chi connectivity index (χ3v) is 8.02. The molecule has 0 fully saturated rings. The highest BCUT2D eigenvalue weighted by molar-refractivity contribution is 7.10. The van der Waals surface area contributed by atoms with E-state index in [0.29, 0.717) is 23.1 Å². The molecule has 1 aliphatic heterocycles. The molecule has 2 aliphatic rings. The predicted octanol–water partition coefficient (Wildman–Crippen LogP) is 5.75. The quantitative estimate of drug-likeness (QED) is 0.296. The maximum absolute atomic E-state index is 15.0. The lowest BCUT2D eigenvalue weighted by Gasteiger charge is -2.42. The van der Waals surface area contributed by atoms with Crippen molar-refractivity contribution < 1.29 is 32.6 Å². The Labute approximate surface area is 222 Å². The van der Waals surface area contributed by atoms with E-state index in [4.69, 9.17) is 9.47 Å². The van der Waals surface area contributed by atoms with Gasteiger partial charge >= 0.3 is 5.97 Å². The van der Waals surface area contributed by atoms with E-state index < -0.39 is 47.0 Å². The van der Waals surface area contributed by atoms with Gasteiger partial charge in [0.05, 0.1) is 19.4 Å². The average Bonchev–Trinajstić information content (AvgIpc) is 3.44.